The van der Waals surface area contributed by atoms with Gasteiger partial charge in [0.1, 0.15) is 0 Å². The van der Waals surface area contributed by atoms with Crippen LogP contribution in [0.1, 0.15) is 25.7 Å². The van der Waals surface area contributed by atoms with Crippen molar-refractivity contribution in [3.8, 4) is 0 Å². The Kier molecular flexibility index (Phi) is 5.17. The number of esters is 1. The van der Waals surface area contributed by atoms with E-state index in [9.17, 15) is 14.4 Å². The maximum Gasteiger partial charge on any atom is 0.330 e. The Morgan fingerprint density at radius 1 is 1.29 bits per heavy atom. The smallest absolute Gasteiger partial charge is 0.330 e. The Hall–Kier alpha value is -1.63. The molecule has 0 bridgehead atoms. The summed E-state index contributed by atoms with van der Waals surface area (Å²) >= 11 is 0. The molecule has 7 heteroatoms. The number of nitrogens with one attached hydrogen (secondary N) is 1. The van der Waals surface area contributed by atoms with Gasteiger partial charge in [-0.25, -0.2) is 4.79 Å². The highest BCUT2D eigenvalue weighted by atomic mass is 16.5. The van der Waals surface area contributed by atoms with E-state index in [4.69, 9.17) is 5.11 Å². The quantitative estimate of drug-likeness (QED) is 0.653. The average molecular weight is 298 g/mol. The summed E-state index contributed by atoms with van der Waals surface area (Å²) in [5, 5.41) is 11.6. The SMILES string of the molecule is COC(=O)C(CO)NC(=O)C1CCCN(C(=O)C2CC2)C1. The summed E-state index contributed by atoms with van der Waals surface area (Å²) in [5.74, 6) is -1.04. The van der Waals surface area contributed by atoms with Crippen LogP contribution in [-0.4, -0.2) is 60.6 Å². The van der Waals surface area contributed by atoms with E-state index in [0.29, 0.717) is 19.5 Å². The van der Waals surface area contributed by atoms with E-state index in [-0.39, 0.29) is 23.7 Å². The lowest BCUT2D eigenvalue weighted by Crippen LogP contribution is -2.51. The minimum Gasteiger partial charge on any atom is -0.467 e. The molecule has 0 spiro atoms. The maximum atomic E-state index is 12.2. The van der Waals surface area contributed by atoms with Gasteiger partial charge in [0.2, 0.25) is 11.8 Å². The van der Waals surface area contributed by atoms with Gasteiger partial charge in [0.15, 0.2) is 6.04 Å². The third kappa shape index (κ3) is 3.93. The molecule has 2 amide bonds. The number of hydrogen-bond acceptors (Lipinski definition) is 5. The molecule has 0 aromatic rings. The highest BCUT2D eigenvalue weighted by Crippen LogP contribution is 2.32. The molecule has 0 radical (unpaired) electrons. The molecule has 2 aliphatic rings. The molecule has 1 aliphatic heterocycles. The summed E-state index contributed by atoms with van der Waals surface area (Å²) in [6, 6.07) is -1.04. The Morgan fingerprint density at radius 2 is 2.00 bits per heavy atom. The van der Waals surface area contributed by atoms with Gasteiger partial charge in [0.25, 0.3) is 0 Å². The summed E-state index contributed by atoms with van der Waals surface area (Å²) < 4.78 is 4.51. The van der Waals surface area contributed by atoms with Crippen molar-refractivity contribution in [3.05, 3.63) is 0 Å². The summed E-state index contributed by atoms with van der Waals surface area (Å²) in [5.41, 5.74) is 0. The van der Waals surface area contributed by atoms with E-state index in [1.165, 1.54) is 7.11 Å². The van der Waals surface area contributed by atoms with Crippen LogP contribution in [0.25, 0.3) is 0 Å². The van der Waals surface area contributed by atoms with Crippen molar-refractivity contribution in [2.45, 2.75) is 31.7 Å². The molecule has 1 saturated carbocycles. The van der Waals surface area contributed by atoms with E-state index >= 15 is 0 Å². The molecule has 1 aliphatic carbocycles. The summed E-state index contributed by atoms with van der Waals surface area (Å²) in [7, 11) is 1.20. The number of ether oxygens (including phenoxy) is 1. The average Bonchev–Trinajstić information content (AvgIpc) is 3.35. The first kappa shape index (κ1) is 15.8. The van der Waals surface area contributed by atoms with Gasteiger partial charge in [-0.15, -0.1) is 0 Å². The standard InChI is InChI=1S/C14H22N2O5/c1-21-14(20)11(8-17)15-12(18)10-3-2-6-16(7-10)13(19)9-4-5-9/h9-11,17H,2-8H2,1H3,(H,15,18). The fraction of sp³-hybridized carbons (Fsp3) is 0.786. The van der Waals surface area contributed by atoms with Crippen molar-refractivity contribution in [2.75, 3.05) is 26.8 Å². The number of methoxy groups -OCH3 is 1. The summed E-state index contributed by atoms with van der Waals surface area (Å²) in [6.07, 6.45) is 3.35. The van der Waals surface area contributed by atoms with E-state index < -0.39 is 18.6 Å². The molecule has 0 aromatic heterocycles. The zero-order valence-electron chi connectivity index (χ0n) is 12.2. The fourth-order valence-corrected chi connectivity index (χ4v) is 2.59. The van der Waals surface area contributed by atoms with Crippen LogP contribution in [0.15, 0.2) is 0 Å². The predicted molar refractivity (Wildman–Crippen MR) is 73.1 cm³/mol. The van der Waals surface area contributed by atoms with Crippen molar-refractivity contribution in [3.63, 3.8) is 0 Å². The first-order chi connectivity index (χ1) is 10.1. The van der Waals surface area contributed by atoms with Gasteiger partial charge in [-0.05, 0) is 25.7 Å². The van der Waals surface area contributed by atoms with Crippen molar-refractivity contribution in [2.24, 2.45) is 11.8 Å². The highest BCUT2D eigenvalue weighted by molar-refractivity contribution is 5.87. The number of rotatable bonds is 5. The molecule has 2 atom stereocenters. The van der Waals surface area contributed by atoms with Crippen molar-refractivity contribution < 1.29 is 24.2 Å². The Bertz CT molecular complexity index is 422. The highest BCUT2D eigenvalue weighted by Gasteiger charge is 2.37. The molecule has 21 heavy (non-hydrogen) atoms. The summed E-state index contributed by atoms with van der Waals surface area (Å²) in [6.45, 7) is 0.579. The van der Waals surface area contributed by atoms with E-state index in [2.05, 4.69) is 10.1 Å². The van der Waals surface area contributed by atoms with Crippen LogP contribution in [0.2, 0.25) is 0 Å². The molecule has 2 fully saturated rings. The number of carbonyl (C=O) groups excluding carboxylic acids is 3. The Balaban J connectivity index is 1.89. The predicted octanol–water partition coefficient (Wildman–Crippen LogP) is -0.715. The van der Waals surface area contributed by atoms with E-state index in [0.717, 1.165) is 19.3 Å². The molecule has 0 aromatic carbocycles. The Labute approximate surface area is 123 Å². The lowest BCUT2D eigenvalue weighted by molar-refractivity contribution is -0.147. The molecular weight excluding hydrogens is 276 g/mol. The van der Waals surface area contributed by atoms with Crippen LogP contribution >= 0.6 is 0 Å². The summed E-state index contributed by atoms with van der Waals surface area (Å²) in [4.78, 5) is 37.3. The molecule has 2 rings (SSSR count). The lowest BCUT2D eigenvalue weighted by atomic mass is 9.96. The van der Waals surface area contributed by atoms with E-state index in [1.807, 2.05) is 0 Å². The second kappa shape index (κ2) is 6.89. The van der Waals surface area contributed by atoms with Gasteiger partial charge < -0.3 is 20.1 Å². The number of carbonyl (C=O) groups is 3. The van der Waals surface area contributed by atoms with Gasteiger partial charge in [-0.2, -0.15) is 0 Å². The molecule has 2 unspecified atom stereocenters. The van der Waals surface area contributed by atoms with Crippen molar-refractivity contribution >= 4 is 17.8 Å². The van der Waals surface area contributed by atoms with Crippen LogP contribution in [0.4, 0.5) is 0 Å². The third-order valence-corrected chi connectivity index (χ3v) is 4.02. The molecular formula is C14H22N2O5. The number of piperidine rings is 1. The number of nitrogens with zero attached hydrogens (tertiary/aromatic N) is 1. The van der Waals surface area contributed by atoms with Crippen LogP contribution in [-0.2, 0) is 19.1 Å². The second-order valence-electron chi connectivity index (χ2n) is 5.66. The fourth-order valence-electron chi connectivity index (χ4n) is 2.59. The topological polar surface area (TPSA) is 95.9 Å². The second-order valence-corrected chi connectivity index (χ2v) is 5.66. The number of hydrogen-bond donors (Lipinski definition) is 2. The van der Waals surface area contributed by atoms with Crippen molar-refractivity contribution in [1.29, 1.82) is 0 Å². The third-order valence-electron chi connectivity index (χ3n) is 4.02. The van der Waals surface area contributed by atoms with Gasteiger partial charge in [-0.3, -0.25) is 9.59 Å². The molecule has 1 heterocycles. The number of likely N-dealkylation sites (tertiary alicyclic amines) is 1. The molecule has 2 N–H and O–H groups in total. The first-order valence-corrected chi connectivity index (χ1v) is 7.34. The lowest BCUT2D eigenvalue weighted by Gasteiger charge is -2.32. The largest absolute Gasteiger partial charge is 0.467 e. The van der Waals surface area contributed by atoms with Crippen LogP contribution in [0.5, 0.6) is 0 Å². The van der Waals surface area contributed by atoms with Gasteiger partial charge in [0.05, 0.1) is 19.6 Å². The van der Waals surface area contributed by atoms with Gasteiger partial charge in [0, 0.05) is 19.0 Å². The van der Waals surface area contributed by atoms with Crippen LogP contribution < -0.4 is 5.32 Å². The number of aliphatic hydroxyl groups is 1. The maximum absolute atomic E-state index is 12.2. The zero-order valence-corrected chi connectivity index (χ0v) is 12.2. The van der Waals surface area contributed by atoms with Crippen LogP contribution in [0.3, 0.4) is 0 Å². The molecule has 7 nitrogen and oxygen atoms in total. The van der Waals surface area contributed by atoms with Crippen LogP contribution in [0, 0.1) is 11.8 Å². The number of amides is 2. The first-order valence-electron chi connectivity index (χ1n) is 7.34. The minimum absolute atomic E-state index is 0.138. The molecule has 1 saturated heterocycles. The molecule has 118 valence electrons. The van der Waals surface area contributed by atoms with Gasteiger partial charge in [-0.1, -0.05) is 0 Å². The van der Waals surface area contributed by atoms with Gasteiger partial charge >= 0.3 is 5.97 Å². The zero-order chi connectivity index (χ0) is 15.4. The number of aliphatic hydroxyl groups excluding tert-OH is 1. The van der Waals surface area contributed by atoms with E-state index in [1.54, 1.807) is 4.90 Å². The normalized spacial score (nSPS) is 23.3. The monoisotopic (exact) mass is 298 g/mol. The Morgan fingerprint density at radius 3 is 2.57 bits per heavy atom. The minimum atomic E-state index is -1.04. The van der Waals surface area contributed by atoms with Crippen molar-refractivity contribution in [1.82, 2.24) is 10.2 Å².